The van der Waals surface area contributed by atoms with E-state index in [0.717, 1.165) is 11.3 Å². The number of furan rings is 1. The van der Waals surface area contributed by atoms with Crippen molar-refractivity contribution >= 4 is 17.5 Å². The fraction of sp³-hybridized carbons (Fsp3) is 0.316. The highest BCUT2D eigenvalue weighted by Gasteiger charge is 2.13. The Bertz CT molecular complexity index is 750. The normalized spacial score (nSPS) is 11.3. The summed E-state index contributed by atoms with van der Waals surface area (Å²) in [7, 11) is 0. The van der Waals surface area contributed by atoms with Gasteiger partial charge in [-0.2, -0.15) is 5.10 Å². The van der Waals surface area contributed by atoms with Crippen LogP contribution in [0.15, 0.2) is 52.2 Å². The molecule has 2 N–H and O–H groups in total. The molecule has 0 aliphatic rings. The summed E-state index contributed by atoms with van der Waals surface area (Å²) in [5.41, 5.74) is 3.63. The van der Waals surface area contributed by atoms with Crippen LogP contribution in [0.1, 0.15) is 32.1 Å². The van der Waals surface area contributed by atoms with Gasteiger partial charge in [-0.25, -0.2) is 5.43 Å². The second kappa shape index (κ2) is 9.41. The van der Waals surface area contributed by atoms with Crippen molar-refractivity contribution in [3.63, 3.8) is 0 Å². The van der Waals surface area contributed by atoms with Gasteiger partial charge in [0.25, 0.3) is 0 Å². The van der Waals surface area contributed by atoms with Crippen LogP contribution >= 0.6 is 0 Å². The summed E-state index contributed by atoms with van der Waals surface area (Å²) >= 11 is 0. The van der Waals surface area contributed by atoms with Crippen LogP contribution in [0, 0.1) is 5.92 Å². The second-order valence-electron chi connectivity index (χ2n) is 6.13. The second-order valence-corrected chi connectivity index (χ2v) is 6.13. The van der Waals surface area contributed by atoms with E-state index in [0.29, 0.717) is 24.0 Å². The van der Waals surface area contributed by atoms with Gasteiger partial charge in [0.1, 0.15) is 11.5 Å². The van der Waals surface area contributed by atoms with Gasteiger partial charge >= 0.3 is 11.8 Å². The van der Waals surface area contributed by atoms with E-state index in [9.17, 15) is 9.59 Å². The zero-order valence-corrected chi connectivity index (χ0v) is 15.1. The van der Waals surface area contributed by atoms with Crippen LogP contribution in [0.5, 0.6) is 5.75 Å². The third-order valence-corrected chi connectivity index (χ3v) is 3.39. The van der Waals surface area contributed by atoms with Crippen molar-refractivity contribution in [2.24, 2.45) is 11.0 Å². The van der Waals surface area contributed by atoms with E-state index in [1.54, 1.807) is 19.1 Å². The lowest BCUT2D eigenvalue weighted by atomic mass is 10.1. The predicted molar refractivity (Wildman–Crippen MR) is 97.7 cm³/mol. The molecular weight excluding hydrogens is 334 g/mol. The van der Waals surface area contributed by atoms with Gasteiger partial charge in [-0.1, -0.05) is 13.8 Å². The molecule has 0 fully saturated rings. The largest absolute Gasteiger partial charge is 0.493 e. The predicted octanol–water partition coefficient (Wildman–Crippen LogP) is 2.47. The molecule has 7 heteroatoms. The van der Waals surface area contributed by atoms with E-state index in [1.165, 1.54) is 6.26 Å². The summed E-state index contributed by atoms with van der Waals surface area (Å²) < 4.78 is 10.7. The molecule has 0 atom stereocenters. The molecule has 0 aliphatic heterocycles. The zero-order valence-electron chi connectivity index (χ0n) is 15.1. The van der Waals surface area contributed by atoms with Crippen LogP contribution in [0.3, 0.4) is 0 Å². The van der Waals surface area contributed by atoms with Gasteiger partial charge in [0, 0.05) is 0 Å². The third-order valence-electron chi connectivity index (χ3n) is 3.39. The lowest BCUT2D eigenvalue weighted by Crippen LogP contribution is -2.37. The van der Waals surface area contributed by atoms with Crippen molar-refractivity contribution < 1.29 is 18.7 Å². The average molecular weight is 357 g/mol. The summed E-state index contributed by atoms with van der Waals surface area (Å²) in [4.78, 5) is 23.5. The molecule has 1 aromatic carbocycles. The Morgan fingerprint density at radius 3 is 2.50 bits per heavy atom. The summed E-state index contributed by atoms with van der Waals surface area (Å²) in [5.74, 6) is 0.164. The molecule has 0 spiro atoms. The number of hydrogen-bond acceptors (Lipinski definition) is 5. The van der Waals surface area contributed by atoms with E-state index in [2.05, 4.69) is 29.7 Å². The molecule has 2 amide bonds. The summed E-state index contributed by atoms with van der Waals surface area (Å²) in [6.07, 6.45) is 1.49. The molecule has 0 saturated heterocycles. The first-order valence-electron chi connectivity index (χ1n) is 8.33. The van der Waals surface area contributed by atoms with Crippen molar-refractivity contribution in [2.75, 3.05) is 6.61 Å². The first-order chi connectivity index (χ1) is 12.5. The Labute approximate surface area is 152 Å². The summed E-state index contributed by atoms with van der Waals surface area (Å²) in [6, 6.07) is 10.8. The molecule has 138 valence electrons. The number of carbonyl (C=O) groups is 2. The van der Waals surface area contributed by atoms with Gasteiger partial charge in [-0.15, -0.1) is 0 Å². The molecule has 2 aromatic rings. The Hall–Kier alpha value is -3.09. The number of nitrogens with zero attached hydrogens (tertiary/aromatic N) is 1. The first-order valence-corrected chi connectivity index (χ1v) is 8.33. The molecule has 0 bridgehead atoms. The van der Waals surface area contributed by atoms with E-state index >= 15 is 0 Å². The number of carbonyl (C=O) groups excluding carboxylic acids is 2. The van der Waals surface area contributed by atoms with Crippen molar-refractivity contribution in [1.82, 2.24) is 10.7 Å². The highest BCUT2D eigenvalue weighted by atomic mass is 16.5. The van der Waals surface area contributed by atoms with Gasteiger partial charge in [-0.3, -0.25) is 9.59 Å². The van der Waals surface area contributed by atoms with E-state index in [-0.39, 0.29) is 6.54 Å². The lowest BCUT2D eigenvalue weighted by molar-refractivity contribution is -0.139. The number of hydrazone groups is 1. The molecular formula is C19H23N3O4. The van der Waals surface area contributed by atoms with Crippen molar-refractivity contribution in [2.45, 2.75) is 27.3 Å². The maximum atomic E-state index is 11.8. The number of rotatable bonds is 7. The molecule has 1 aromatic heterocycles. The lowest BCUT2D eigenvalue weighted by Gasteiger charge is -2.09. The van der Waals surface area contributed by atoms with E-state index < -0.39 is 11.8 Å². The highest BCUT2D eigenvalue weighted by molar-refractivity contribution is 6.35. The van der Waals surface area contributed by atoms with Gasteiger partial charge in [0.05, 0.1) is 25.1 Å². The standard InChI is InChI=1S/C19H23N3O4/c1-13(2)12-26-16-8-6-15(7-9-16)14(3)21-22-19(24)18(23)20-11-17-5-4-10-25-17/h4-10,13H,11-12H2,1-3H3,(H,20,23)(H,22,24)/b21-14-. The molecule has 0 saturated carbocycles. The highest BCUT2D eigenvalue weighted by Crippen LogP contribution is 2.13. The van der Waals surface area contributed by atoms with Crippen LogP contribution in [0.25, 0.3) is 0 Å². The Balaban J connectivity index is 1.84. The molecule has 1 heterocycles. The van der Waals surface area contributed by atoms with Crippen LogP contribution in [0.4, 0.5) is 0 Å². The quantitative estimate of drug-likeness (QED) is 0.452. The van der Waals surface area contributed by atoms with Crippen LogP contribution in [-0.4, -0.2) is 24.1 Å². The van der Waals surface area contributed by atoms with Crippen molar-refractivity contribution in [3.8, 4) is 5.75 Å². The van der Waals surface area contributed by atoms with Crippen molar-refractivity contribution in [3.05, 3.63) is 54.0 Å². The smallest absolute Gasteiger partial charge is 0.329 e. The van der Waals surface area contributed by atoms with Gasteiger partial charge < -0.3 is 14.5 Å². The minimum atomic E-state index is -0.840. The molecule has 0 radical (unpaired) electrons. The van der Waals surface area contributed by atoms with Crippen LogP contribution in [0.2, 0.25) is 0 Å². The summed E-state index contributed by atoms with van der Waals surface area (Å²) in [6.45, 7) is 6.69. The van der Waals surface area contributed by atoms with Crippen LogP contribution < -0.4 is 15.5 Å². The maximum Gasteiger partial charge on any atom is 0.329 e. The molecule has 7 nitrogen and oxygen atoms in total. The minimum Gasteiger partial charge on any atom is -0.493 e. The monoisotopic (exact) mass is 357 g/mol. The molecule has 2 rings (SSSR count). The first kappa shape index (κ1) is 19.2. The Morgan fingerprint density at radius 2 is 1.88 bits per heavy atom. The number of benzene rings is 1. The average Bonchev–Trinajstić information content (AvgIpc) is 3.16. The Kier molecular flexibility index (Phi) is 6.96. The van der Waals surface area contributed by atoms with Gasteiger partial charge in [0.15, 0.2) is 0 Å². The van der Waals surface area contributed by atoms with Crippen LogP contribution in [-0.2, 0) is 16.1 Å². The molecule has 0 unspecified atom stereocenters. The number of ether oxygens (including phenoxy) is 1. The molecule has 0 aliphatic carbocycles. The molecule has 26 heavy (non-hydrogen) atoms. The van der Waals surface area contributed by atoms with Gasteiger partial charge in [0.2, 0.25) is 0 Å². The number of nitrogens with one attached hydrogen (secondary N) is 2. The topological polar surface area (TPSA) is 92.9 Å². The van der Waals surface area contributed by atoms with E-state index in [4.69, 9.17) is 9.15 Å². The van der Waals surface area contributed by atoms with Gasteiger partial charge in [-0.05, 0) is 54.8 Å². The zero-order chi connectivity index (χ0) is 18.9. The fourth-order valence-corrected chi connectivity index (χ4v) is 1.97. The minimum absolute atomic E-state index is 0.139. The summed E-state index contributed by atoms with van der Waals surface area (Å²) in [5, 5.41) is 6.40. The number of hydrogen-bond donors (Lipinski definition) is 2. The fourth-order valence-electron chi connectivity index (χ4n) is 1.97. The SMILES string of the molecule is C/C(=N/NC(=O)C(=O)NCc1ccco1)c1ccc(OCC(C)C)cc1. The van der Waals surface area contributed by atoms with Crippen molar-refractivity contribution in [1.29, 1.82) is 0 Å². The number of amides is 2. The third kappa shape index (κ3) is 6.08. The van der Waals surface area contributed by atoms with E-state index in [1.807, 2.05) is 24.3 Å². The Morgan fingerprint density at radius 1 is 1.15 bits per heavy atom. The maximum absolute atomic E-state index is 11.8.